The van der Waals surface area contributed by atoms with Crippen LogP contribution in [0.1, 0.15) is 12.6 Å². The summed E-state index contributed by atoms with van der Waals surface area (Å²) < 4.78 is 10.5. The lowest BCUT2D eigenvalue weighted by atomic mass is 10.2. The van der Waals surface area contributed by atoms with E-state index in [4.69, 9.17) is 14.6 Å². The Bertz CT molecular complexity index is 345. The number of ether oxygens (including phenoxy) is 2. The van der Waals surface area contributed by atoms with Gasteiger partial charge in [-0.05, 0) is 5.92 Å². The van der Waals surface area contributed by atoms with Crippen LogP contribution >= 0.6 is 0 Å². The first kappa shape index (κ1) is 13.7. The van der Waals surface area contributed by atoms with Crippen molar-refractivity contribution in [1.29, 1.82) is 0 Å². The van der Waals surface area contributed by atoms with Gasteiger partial charge in [-0.25, -0.2) is 0 Å². The molecule has 1 aromatic heterocycles. The van der Waals surface area contributed by atoms with E-state index in [0.717, 1.165) is 12.2 Å². The van der Waals surface area contributed by atoms with Crippen LogP contribution in [0.4, 0.5) is 0 Å². The monoisotopic (exact) mass is 240 g/mol. The highest BCUT2D eigenvalue weighted by Gasteiger charge is 2.10. The second-order valence-corrected chi connectivity index (χ2v) is 3.91. The third-order valence-electron chi connectivity index (χ3n) is 2.46. The van der Waals surface area contributed by atoms with Gasteiger partial charge in [-0.2, -0.15) is 0 Å². The molecule has 0 saturated carbocycles. The third-order valence-corrected chi connectivity index (χ3v) is 2.46. The Morgan fingerprint density at radius 1 is 1.41 bits per heavy atom. The van der Waals surface area contributed by atoms with E-state index in [9.17, 15) is 0 Å². The van der Waals surface area contributed by atoms with E-state index in [-0.39, 0.29) is 12.5 Å². The van der Waals surface area contributed by atoms with Crippen LogP contribution in [0.3, 0.4) is 0 Å². The first-order valence-electron chi connectivity index (χ1n) is 5.60. The molecule has 0 spiro atoms. The number of nitrogens with zero attached hydrogens (tertiary/aromatic N) is 1. The summed E-state index contributed by atoms with van der Waals surface area (Å²) in [5, 5.41) is 12.1. The van der Waals surface area contributed by atoms with Crippen LogP contribution in [0.15, 0.2) is 12.3 Å². The number of hydrogen-bond donors (Lipinski definition) is 2. The molecular weight excluding hydrogens is 220 g/mol. The van der Waals surface area contributed by atoms with E-state index in [0.29, 0.717) is 18.0 Å². The van der Waals surface area contributed by atoms with E-state index < -0.39 is 0 Å². The molecule has 1 rings (SSSR count). The highest BCUT2D eigenvalue weighted by atomic mass is 16.5. The van der Waals surface area contributed by atoms with E-state index in [1.165, 1.54) is 0 Å². The fraction of sp³-hybridized carbons (Fsp3) is 0.583. The minimum atomic E-state index is 0.176. The number of aliphatic hydroxyl groups excluding tert-OH is 1. The molecule has 0 fully saturated rings. The van der Waals surface area contributed by atoms with Gasteiger partial charge < -0.3 is 19.9 Å². The number of nitrogens with one attached hydrogen (secondary N) is 1. The summed E-state index contributed by atoms with van der Waals surface area (Å²) in [4.78, 5) is 4.25. The van der Waals surface area contributed by atoms with Gasteiger partial charge >= 0.3 is 0 Å². The SMILES string of the molecule is COc1ccnc(CNCC(C)CO)c1OC. The lowest BCUT2D eigenvalue weighted by Gasteiger charge is -2.13. The van der Waals surface area contributed by atoms with Crippen LogP contribution in [0.5, 0.6) is 11.5 Å². The quantitative estimate of drug-likeness (QED) is 0.738. The zero-order chi connectivity index (χ0) is 12.7. The molecule has 0 aliphatic carbocycles. The average molecular weight is 240 g/mol. The second kappa shape index (κ2) is 7.09. The number of hydrogen-bond acceptors (Lipinski definition) is 5. The Morgan fingerprint density at radius 3 is 2.76 bits per heavy atom. The number of rotatable bonds is 7. The van der Waals surface area contributed by atoms with Gasteiger partial charge in [-0.15, -0.1) is 0 Å². The number of aliphatic hydroxyl groups is 1. The van der Waals surface area contributed by atoms with Gasteiger partial charge in [-0.3, -0.25) is 4.98 Å². The molecule has 96 valence electrons. The predicted octanol–water partition coefficient (Wildman–Crippen LogP) is 0.817. The predicted molar refractivity (Wildman–Crippen MR) is 65.3 cm³/mol. The second-order valence-electron chi connectivity index (χ2n) is 3.91. The highest BCUT2D eigenvalue weighted by Crippen LogP contribution is 2.28. The van der Waals surface area contributed by atoms with E-state index >= 15 is 0 Å². The van der Waals surface area contributed by atoms with E-state index in [2.05, 4.69) is 10.3 Å². The molecule has 0 radical (unpaired) electrons. The molecule has 5 nitrogen and oxygen atoms in total. The number of aromatic nitrogens is 1. The third kappa shape index (κ3) is 3.87. The smallest absolute Gasteiger partial charge is 0.183 e. The summed E-state index contributed by atoms with van der Waals surface area (Å²) >= 11 is 0. The molecule has 0 aromatic carbocycles. The fourth-order valence-corrected chi connectivity index (χ4v) is 1.48. The van der Waals surface area contributed by atoms with Crippen molar-refractivity contribution in [2.24, 2.45) is 5.92 Å². The average Bonchev–Trinajstić information content (AvgIpc) is 2.37. The van der Waals surface area contributed by atoms with Crippen LogP contribution < -0.4 is 14.8 Å². The molecule has 0 aliphatic rings. The molecule has 1 aromatic rings. The molecule has 0 bridgehead atoms. The lowest BCUT2D eigenvalue weighted by Crippen LogP contribution is -2.23. The summed E-state index contributed by atoms with van der Waals surface area (Å²) in [7, 11) is 3.20. The summed E-state index contributed by atoms with van der Waals surface area (Å²) in [5.41, 5.74) is 0.803. The Labute approximate surface area is 102 Å². The van der Waals surface area contributed by atoms with Crippen LogP contribution in [0.25, 0.3) is 0 Å². The zero-order valence-corrected chi connectivity index (χ0v) is 10.6. The Balaban J connectivity index is 2.64. The van der Waals surface area contributed by atoms with Gasteiger partial charge in [0.1, 0.15) is 0 Å². The molecule has 5 heteroatoms. The van der Waals surface area contributed by atoms with Crippen molar-refractivity contribution in [2.75, 3.05) is 27.4 Å². The van der Waals surface area contributed by atoms with Gasteiger partial charge in [0.05, 0.1) is 19.9 Å². The first-order chi connectivity index (χ1) is 8.22. The van der Waals surface area contributed by atoms with Crippen molar-refractivity contribution < 1.29 is 14.6 Å². The minimum Gasteiger partial charge on any atom is -0.493 e. The maximum Gasteiger partial charge on any atom is 0.183 e. The number of methoxy groups -OCH3 is 2. The molecule has 0 saturated heterocycles. The van der Waals surface area contributed by atoms with Gasteiger partial charge in [0.2, 0.25) is 0 Å². The lowest BCUT2D eigenvalue weighted by molar-refractivity contribution is 0.233. The molecule has 1 unspecified atom stereocenters. The van der Waals surface area contributed by atoms with Crippen molar-refractivity contribution in [1.82, 2.24) is 10.3 Å². The Kier molecular flexibility index (Phi) is 5.72. The van der Waals surface area contributed by atoms with Crippen molar-refractivity contribution in [3.05, 3.63) is 18.0 Å². The van der Waals surface area contributed by atoms with Crippen LogP contribution in [-0.2, 0) is 6.54 Å². The van der Waals surface area contributed by atoms with Crippen LogP contribution in [-0.4, -0.2) is 37.5 Å². The van der Waals surface area contributed by atoms with Gasteiger partial charge in [-0.1, -0.05) is 6.92 Å². The normalized spacial score (nSPS) is 12.2. The topological polar surface area (TPSA) is 63.6 Å². The Hall–Kier alpha value is -1.33. The molecule has 17 heavy (non-hydrogen) atoms. The highest BCUT2D eigenvalue weighted by molar-refractivity contribution is 5.42. The fourth-order valence-electron chi connectivity index (χ4n) is 1.48. The van der Waals surface area contributed by atoms with Crippen LogP contribution in [0.2, 0.25) is 0 Å². The molecular formula is C12H20N2O3. The largest absolute Gasteiger partial charge is 0.493 e. The molecule has 1 atom stereocenters. The van der Waals surface area contributed by atoms with Crippen molar-refractivity contribution >= 4 is 0 Å². The summed E-state index contributed by atoms with van der Waals surface area (Å²) in [6.07, 6.45) is 1.69. The maximum absolute atomic E-state index is 8.91. The van der Waals surface area contributed by atoms with Gasteiger partial charge in [0.15, 0.2) is 11.5 Å². The van der Waals surface area contributed by atoms with Crippen molar-refractivity contribution in [3.63, 3.8) is 0 Å². The van der Waals surface area contributed by atoms with Crippen molar-refractivity contribution in [3.8, 4) is 11.5 Å². The summed E-state index contributed by atoms with van der Waals surface area (Å²) in [6, 6.07) is 1.76. The van der Waals surface area contributed by atoms with E-state index in [1.54, 1.807) is 26.5 Å². The molecule has 1 heterocycles. The minimum absolute atomic E-state index is 0.176. The van der Waals surface area contributed by atoms with Crippen LogP contribution in [0, 0.1) is 5.92 Å². The molecule has 0 aliphatic heterocycles. The van der Waals surface area contributed by atoms with Crippen molar-refractivity contribution in [2.45, 2.75) is 13.5 Å². The molecule has 2 N–H and O–H groups in total. The Morgan fingerprint density at radius 2 is 2.18 bits per heavy atom. The maximum atomic E-state index is 8.91. The standard InChI is InChI=1S/C12H20N2O3/c1-9(8-15)6-13-7-10-12(17-3)11(16-2)4-5-14-10/h4-5,9,13,15H,6-8H2,1-3H3. The van der Waals surface area contributed by atoms with Gasteiger partial charge in [0.25, 0.3) is 0 Å². The van der Waals surface area contributed by atoms with E-state index in [1.807, 2.05) is 6.92 Å². The van der Waals surface area contributed by atoms with Gasteiger partial charge in [0, 0.05) is 32.0 Å². The summed E-state index contributed by atoms with van der Waals surface area (Å²) in [5.74, 6) is 1.56. The number of pyridine rings is 1. The summed E-state index contributed by atoms with van der Waals surface area (Å²) in [6.45, 7) is 3.47. The molecule has 0 amide bonds. The first-order valence-corrected chi connectivity index (χ1v) is 5.60. The zero-order valence-electron chi connectivity index (χ0n) is 10.6.